The molecule has 6 aliphatic rings. The Bertz CT molecular complexity index is 1450. The third-order valence-corrected chi connectivity index (χ3v) is 9.49. The highest BCUT2D eigenvalue weighted by Crippen LogP contribution is 2.73. The van der Waals surface area contributed by atoms with Crippen LogP contribution in [0.2, 0.25) is 0 Å². The lowest BCUT2D eigenvalue weighted by atomic mass is 9.34. The molecule has 2 bridgehead atoms. The number of likely N-dealkylation sites (tertiary alicyclic amines) is 1. The van der Waals surface area contributed by atoms with Crippen molar-refractivity contribution in [3.8, 4) is 5.75 Å². The zero-order valence-corrected chi connectivity index (χ0v) is 22.1. The highest BCUT2D eigenvalue weighted by molar-refractivity contribution is 5.88. The minimum absolute atomic E-state index is 0.00656. The van der Waals surface area contributed by atoms with Gasteiger partial charge in [0.2, 0.25) is 5.91 Å². The fourth-order valence-corrected chi connectivity index (χ4v) is 7.48. The zero-order chi connectivity index (χ0) is 25.9. The Balaban J connectivity index is 0.898. The number of rotatable bonds is 5. The van der Waals surface area contributed by atoms with Gasteiger partial charge in [-0.2, -0.15) is 9.50 Å². The Morgan fingerprint density at radius 3 is 2.50 bits per heavy atom. The van der Waals surface area contributed by atoms with Gasteiger partial charge in [0.1, 0.15) is 17.8 Å². The molecule has 6 heterocycles. The van der Waals surface area contributed by atoms with E-state index < -0.39 is 0 Å². The van der Waals surface area contributed by atoms with E-state index in [1.807, 2.05) is 38.1 Å². The third kappa shape index (κ3) is 3.05. The van der Waals surface area contributed by atoms with E-state index in [4.69, 9.17) is 19.4 Å². The van der Waals surface area contributed by atoms with Gasteiger partial charge in [-0.05, 0) is 40.0 Å². The van der Waals surface area contributed by atoms with Crippen LogP contribution in [-0.4, -0.2) is 85.9 Å². The Morgan fingerprint density at radius 2 is 1.82 bits per heavy atom. The van der Waals surface area contributed by atoms with Crippen molar-refractivity contribution in [2.45, 2.75) is 58.0 Å². The summed E-state index contributed by atoms with van der Waals surface area (Å²) in [5.74, 6) is 3.32. The van der Waals surface area contributed by atoms with Crippen LogP contribution >= 0.6 is 0 Å². The zero-order valence-electron chi connectivity index (χ0n) is 22.1. The molecule has 0 radical (unpaired) electrons. The molecule has 38 heavy (non-hydrogen) atoms. The molecule has 0 aromatic carbocycles. The highest BCUT2D eigenvalue weighted by atomic mass is 16.5. The van der Waals surface area contributed by atoms with E-state index in [1.54, 1.807) is 4.52 Å². The number of nitrogens with zero attached hydrogens (tertiary/aromatic N) is 8. The standard InChI is InChI=1S/C27H32N8O3/c1-16-21(17(2)35-24(30-16)31-18(3)32-35)38-20-4-5-33(8-20)19-6-28-22(29-7-19)26-9-27(10-26,11-26)23(36)34-12-25(13-34)14-37-15-25/h6-7,20H,4-5,8-15H2,1-3H3/t20-,26?,27?/m1/s1. The maximum absolute atomic E-state index is 13.1. The molecule has 9 rings (SSSR count). The number of anilines is 1. The minimum atomic E-state index is -0.160. The number of carbonyl (C=O) groups is 1. The predicted molar refractivity (Wildman–Crippen MR) is 136 cm³/mol. The van der Waals surface area contributed by atoms with Crippen molar-refractivity contribution in [3.05, 3.63) is 35.4 Å². The summed E-state index contributed by atoms with van der Waals surface area (Å²) in [6.07, 6.45) is 7.51. The molecule has 3 saturated carbocycles. The van der Waals surface area contributed by atoms with E-state index in [1.165, 1.54) is 0 Å². The van der Waals surface area contributed by atoms with Crippen molar-refractivity contribution in [2.75, 3.05) is 44.3 Å². The normalized spacial score (nSPS) is 30.6. The molecule has 3 saturated heterocycles. The molecule has 11 heteroatoms. The molecule has 3 aliphatic carbocycles. The first-order chi connectivity index (χ1) is 18.3. The number of amides is 1. The van der Waals surface area contributed by atoms with Crippen molar-refractivity contribution in [3.63, 3.8) is 0 Å². The van der Waals surface area contributed by atoms with Gasteiger partial charge in [0.05, 0.1) is 60.1 Å². The Morgan fingerprint density at radius 1 is 1.08 bits per heavy atom. The van der Waals surface area contributed by atoms with Crippen LogP contribution in [0.1, 0.15) is 48.7 Å². The fourth-order valence-electron chi connectivity index (χ4n) is 7.48. The molecule has 3 aromatic rings. The molecule has 0 N–H and O–H groups in total. The first kappa shape index (κ1) is 22.6. The van der Waals surface area contributed by atoms with Gasteiger partial charge in [0.15, 0.2) is 5.75 Å². The van der Waals surface area contributed by atoms with Gasteiger partial charge in [0.25, 0.3) is 5.78 Å². The summed E-state index contributed by atoms with van der Waals surface area (Å²) in [6.45, 7) is 10.8. The molecule has 1 atom stereocenters. The van der Waals surface area contributed by atoms with E-state index in [0.717, 1.165) is 93.7 Å². The smallest absolute Gasteiger partial charge is 0.253 e. The maximum Gasteiger partial charge on any atom is 0.253 e. The van der Waals surface area contributed by atoms with Gasteiger partial charge >= 0.3 is 0 Å². The summed E-state index contributed by atoms with van der Waals surface area (Å²) in [7, 11) is 0. The van der Waals surface area contributed by atoms with Crippen LogP contribution in [0, 0.1) is 31.6 Å². The molecular formula is C27H32N8O3. The first-order valence-electron chi connectivity index (χ1n) is 13.6. The molecule has 198 valence electrons. The number of hydrogen-bond acceptors (Lipinski definition) is 9. The summed E-state index contributed by atoms with van der Waals surface area (Å²) in [5.41, 5.74) is 2.86. The lowest BCUT2D eigenvalue weighted by molar-refractivity contribution is -0.224. The van der Waals surface area contributed by atoms with Crippen LogP contribution in [0.25, 0.3) is 5.78 Å². The lowest BCUT2D eigenvalue weighted by Crippen LogP contribution is -2.75. The topological polar surface area (TPSA) is 111 Å². The van der Waals surface area contributed by atoms with E-state index in [2.05, 4.69) is 20.0 Å². The Kier molecular flexibility index (Phi) is 4.41. The molecule has 6 fully saturated rings. The van der Waals surface area contributed by atoms with E-state index >= 15 is 0 Å². The number of ether oxygens (including phenoxy) is 2. The van der Waals surface area contributed by atoms with Crippen LogP contribution < -0.4 is 9.64 Å². The molecule has 3 aliphatic heterocycles. The Hall–Kier alpha value is -3.34. The molecular weight excluding hydrogens is 484 g/mol. The molecule has 3 aromatic heterocycles. The third-order valence-electron chi connectivity index (χ3n) is 9.49. The predicted octanol–water partition coefficient (Wildman–Crippen LogP) is 1.78. The Labute approximate surface area is 220 Å². The number of carbonyl (C=O) groups excluding carboxylic acids is 1. The second-order valence-electron chi connectivity index (χ2n) is 12.5. The second-order valence-corrected chi connectivity index (χ2v) is 12.5. The number of aromatic nitrogens is 6. The van der Waals surface area contributed by atoms with Crippen LogP contribution in [0.4, 0.5) is 5.69 Å². The van der Waals surface area contributed by atoms with E-state index in [0.29, 0.717) is 17.5 Å². The van der Waals surface area contributed by atoms with Crippen molar-refractivity contribution in [2.24, 2.45) is 10.8 Å². The monoisotopic (exact) mass is 516 g/mol. The van der Waals surface area contributed by atoms with Crippen molar-refractivity contribution >= 4 is 17.4 Å². The van der Waals surface area contributed by atoms with Gasteiger partial charge in [0, 0.05) is 31.5 Å². The van der Waals surface area contributed by atoms with Gasteiger partial charge in [-0.1, -0.05) is 0 Å². The number of fused-ring (bicyclic) bond motifs is 1. The summed E-state index contributed by atoms with van der Waals surface area (Å²) < 4.78 is 13.5. The van der Waals surface area contributed by atoms with Gasteiger partial charge < -0.3 is 19.3 Å². The summed E-state index contributed by atoms with van der Waals surface area (Å²) in [5, 5.41) is 4.45. The second kappa shape index (κ2) is 7.40. The maximum atomic E-state index is 13.1. The lowest BCUT2D eigenvalue weighted by Gasteiger charge is -2.70. The van der Waals surface area contributed by atoms with E-state index in [9.17, 15) is 4.79 Å². The highest BCUT2D eigenvalue weighted by Gasteiger charge is 2.74. The molecule has 0 unspecified atom stereocenters. The van der Waals surface area contributed by atoms with Crippen LogP contribution in [0.15, 0.2) is 12.4 Å². The van der Waals surface area contributed by atoms with Gasteiger partial charge in [-0.15, -0.1) is 5.10 Å². The average molecular weight is 517 g/mol. The van der Waals surface area contributed by atoms with Crippen LogP contribution in [-0.2, 0) is 14.9 Å². The SMILES string of the molecule is Cc1nc2nc(C)c(O[C@@H]3CCN(c4cnc(C56CC(C(=O)N7CC8(COC8)C7)(C5)C6)nc4)C3)c(C)n2n1. The first-order valence-corrected chi connectivity index (χ1v) is 13.6. The molecule has 1 spiro atoms. The van der Waals surface area contributed by atoms with Crippen LogP contribution in [0.5, 0.6) is 5.75 Å². The number of hydrogen-bond donors (Lipinski definition) is 0. The summed E-state index contributed by atoms with van der Waals surface area (Å²) in [6, 6.07) is 0. The molecule has 1 amide bonds. The van der Waals surface area contributed by atoms with Crippen molar-refractivity contribution in [1.29, 1.82) is 0 Å². The van der Waals surface area contributed by atoms with Crippen molar-refractivity contribution < 1.29 is 14.3 Å². The fraction of sp³-hybridized carbons (Fsp3) is 0.630. The van der Waals surface area contributed by atoms with Gasteiger partial charge in [-0.25, -0.2) is 15.0 Å². The van der Waals surface area contributed by atoms with Crippen molar-refractivity contribution in [1.82, 2.24) is 34.4 Å². The largest absolute Gasteiger partial charge is 0.485 e. The van der Waals surface area contributed by atoms with Gasteiger partial charge in [-0.3, -0.25) is 4.79 Å². The molecule has 11 nitrogen and oxygen atoms in total. The summed E-state index contributed by atoms with van der Waals surface area (Å²) in [4.78, 5) is 35.9. The summed E-state index contributed by atoms with van der Waals surface area (Å²) >= 11 is 0. The van der Waals surface area contributed by atoms with Crippen LogP contribution in [0.3, 0.4) is 0 Å². The average Bonchev–Trinajstić information content (AvgIpc) is 3.40. The quantitative estimate of drug-likeness (QED) is 0.501. The minimum Gasteiger partial charge on any atom is -0.485 e. The number of aryl methyl sites for hydroxylation is 3. The van der Waals surface area contributed by atoms with E-state index in [-0.39, 0.29) is 22.3 Å².